The summed E-state index contributed by atoms with van der Waals surface area (Å²) in [4.78, 5) is 0. The van der Waals surface area contributed by atoms with Crippen LogP contribution in [0.15, 0.2) is 18.2 Å². The van der Waals surface area contributed by atoms with Crippen LogP contribution in [0.25, 0.3) is 0 Å². The van der Waals surface area contributed by atoms with E-state index in [9.17, 15) is 4.39 Å². The largest absolute Gasteiger partial charge is 0.308 e. The molecule has 0 unspecified atom stereocenters. The van der Waals surface area contributed by atoms with Gasteiger partial charge >= 0.3 is 0 Å². The fraction of sp³-hybridized carbons (Fsp3) is 0.625. The second-order valence-electron chi connectivity index (χ2n) is 7.07. The highest BCUT2D eigenvalue weighted by molar-refractivity contribution is 5.24. The van der Waals surface area contributed by atoms with Crippen molar-refractivity contribution < 1.29 is 4.39 Å². The first-order valence-corrected chi connectivity index (χ1v) is 6.59. The van der Waals surface area contributed by atoms with Gasteiger partial charge in [0.2, 0.25) is 0 Å². The summed E-state index contributed by atoms with van der Waals surface area (Å²) in [7, 11) is 0. The highest BCUT2D eigenvalue weighted by Crippen LogP contribution is 2.27. The number of rotatable bonds is 4. The van der Waals surface area contributed by atoms with E-state index < -0.39 is 0 Å². The van der Waals surface area contributed by atoms with Gasteiger partial charge < -0.3 is 5.32 Å². The van der Waals surface area contributed by atoms with E-state index in [-0.39, 0.29) is 16.8 Å². The molecule has 0 aliphatic rings. The molecule has 0 spiro atoms. The Hall–Kier alpha value is -0.890. The Morgan fingerprint density at radius 1 is 1.11 bits per heavy atom. The van der Waals surface area contributed by atoms with Crippen molar-refractivity contribution in [3.8, 4) is 0 Å². The van der Waals surface area contributed by atoms with Gasteiger partial charge in [-0.15, -0.1) is 0 Å². The van der Waals surface area contributed by atoms with Crippen LogP contribution in [-0.2, 0) is 6.54 Å². The summed E-state index contributed by atoms with van der Waals surface area (Å²) in [6.45, 7) is 13.6. The van der Waals surface area contributed by atoms with Crippen molar-refractivity contribution in [2.45, 2.75) is 60.0 Å². The van der Waals surface area contributed by atoms with Crippen molar-refractivity contribution in [3.05, 3.63) is 35.1 Å². The molecule has 0 radical (unpaired) electrons. The van der Waals surface area contributed by atoms with E-state index in [0.29, 0.717) is 6.54 Å². The Balaban J connectivity index is 2.67. The number of hydrogen-bond donors (Lipinski definition) is 1. The first-order valence-electron chi connectivity index (χ1n) is 6.59. The van der Waals surface area contributed by atoms with E-state index in [1.165, 1.54) is 0 Å². The highest BCUT2D eigenvalue weighted by atomic mass is 19.1. The number of benzene rings is 1. The van der Waals surface area contributed by atoms with Crippen molar-refractivity contribution >= 4 is 0 Å². The second kappa shape index (κ2) is 5.40. The summed E-state index contributed by atoms with van der Waals surface area (Å²) >= 11 is 0. The van der Waals surface area contributed by atoms with Crippen molar-refractivity contribution in [3.63, 3.8) is 0 Å². The van der Waals surface area contributed by atoms with E-state index in [1.54, 1.807) is 12.1 Å². The van der Waals surface area contributed by atoms with Gasteiger partial charge in [-0.25, -0.2) is 4.39 Å². The first kappa shape index (κ1) is 15.2. The summed E-state index contributed by atoms with van der Waals surface area (Å²) < 4.78 is 13.6. The van der Waals surface area contributed by atoms with Crippen LogP contribution in [0.5, 0.6) is 0 Å². The molecule has 0 saturated heterocycles. The minimum absolute atomic E-state index is 0.00837. The van der Waals surface area contributed by atoms with Gasteiger partial charge in [-0.1, -0.05) is 38.5 Å². The highest BCUT2D eigenvalue weighted by Gasteiger charge is 2.24. The normalized spacial score (nSPS) is 12.8. The zero-order valence-electron chi connectivity index (χ0n) is 12.5. The third kappa shape index (κ3) is 5.18. The van der Waals surface area contributed by atoms with Crippen LogP contribution < -0.4 is 5.32 Å². The molecule has 0 aliphatic carbocycles. The van der Waals surface area contributed by atoms with Gasteiger partial charge in [0.25, 0.3) is 0 Å². The Kier molecular flexibility index (Phi) is 4.55. The van der Waals surface area contributed by atoms with Gasteiger partial charge in [0.05, 0.1) is 0 Å². The number of nitrogens with one attached hydrogen (secondary N) is 1. The topological polar surface area (TPSA) is 12.0 Å². The fourth-order valence-corrected chi connectivity index (χ4v) is 2.56. The molecule has 1 nitrogen and oxygen atoms in total. The number of aryl methyl sites for hydroxylation is 1. The maximum Gasteiger partial charge on any atom is 0.127 e. The van der Waals surface area contributed by atoms with Crippen molar-refractivity contribution in [2.24, 2.45) is 5.41 Å². The molecular weight excluding hydrogens is 225 g/mol. The lowest BCUT2D eigenvalue weighted by Gasteiger charge is -2.33. The Labute approximate surface area is 111 Å². The van der Waals surface area contributed by atoms with Crippen LogP contribution in [-0.4, -0.2) is 5.54 Å². The van der Waals surface area contributed by atoms with Gasteiger partial charge in [0, 0.05) is 17.6 Å². The number of halogens is 1. The molecule has 1 N–H and O–H groups in total. The molecule has 2 heteroatoms. The van der Waals surface area contributed by atoms with Crippen LogP contribution in [0, 0.1) is 18.2 Å². The van der Waals surface area contributed by atoms with E-state index in [1.807, 2.05) is 13.0 Å². The fourth-order valence-electron chi connectivity index (χ4n) is 2.56. The lowest BCUT2D eigenvalue weighted by Crippen LogP contribution is -2.42. The zero-order chi connectivity index (χ0) is 14.0. The lowest BCUT2D eigenvalue weighted by molar-refractivity contribution is 0.240. The minimum Gasteiger partial charge on any atom is -0.308 e. The van der Waals surface area contributed by atoms with Crippen LogP contribution in [0.1, 0.15) is 52.2 Å². The van der Waals surface area contributed by atoms with Gasteiger partial charge in [-0.05, 0) is 38.7 Å². The molecule has 102 valence electrons. The van der Waals surface area contributed by atoms with E-state index in [4.69, 9.17) is 0 Å². The molecular formula is C16H26FN. The smallest absolute Gasteiger partial charge is 0.127 e. The zero-order valence-corrected chi connectivity index (χ0v) is 12.5. The summed E-state index contributed by atoms with van der Waals surface area (Å²) in [6, 6.07) is 5.26. The maximum absolute atomic E-state index is 13.6. The third-order valence-electron chi connectivity index (χ3n) is 2.93. The first-order chi connectivity index (χ1) is 8.09. The van der Waals surface area contributed by atoms with Crippen molar-refractivity contribution in [2.75, 3.05) is 0 Å². The van der Waals surface area contributed by atoms with Crippen LogP contribution in [0.3, 0.4) is 0 Å². The van der Waals surface area contributed by atoms with Gasteiger partial charge in [-0.2, -0.15) is 0 Å². The molecule has 0 amide bonds. The van der Waals surface area contributed by atoms with Crippen molar-refractivity contribution in [1.82, 2.24) is 5.32 Å². The molecule has 18 heavy (non-hydrogen) atoms. The summed E-state index contributed by atoms with van der Waals surface area (Å²) in [6.07, 6.45) is 1.05. The van der Waals surface area contributed by atoms with Crippen LogP contribution >= 0.6 is 0 Å². The average Bonchev–Trinajstić information content (AvgIpc) is 2.16. The lowest BCUT2D eigenvalue weighted by atomic mass is 9.81. The van der Waals surface area contributed by atoms with E-state index >= 15 is 0 Å². The molecule has 0 aliphatic heterocycles. The quantitative estimate of drug-likeness (QED) is 0.834. The second-order valence-corrected chi connectivity index (χ2v) is 7.07. The Morgan fingerprint density at radius 3 is 2.28 bits per heavy atom. The summed E-state index contributed by atoms with van der Waals surface area (Å²) in [5.74, 6) is -0.125. The third-order valence-corrected chi connectivity index (χ3v) is 2.93. The molecule has 0 fully saturated rings. The summed E-state index contributed by atoms with van der Waals surface area (Å²) in [5.41, 5.74) is 2.12. The van der Waals surface area contributed by atoms with E-state index in [0.717, 1.165) is 17.5 Å². The predicted octanol–water partition coefficient (Wildman–Crippen LogP) is 4.44. The Morgan fingerprint density at radius 2 is 1.72 bits per heavy atom. The molecule has 0 aromatic heterocycles. The molecule has 1 aromatic carbocycles. The molecule has 0 bridgehead atoms. The molecule has 1 aromatic rings. The maximum atomic E-state index is 13.6. The van der Waals surface area contributed by atoms with E-state index in [2.05, 4.69) is 39.9 Å². The minimum atomic E-state index is -0.125. The van der Waals surface area contributed by atoms with Gasteiger partial charge in [0.1, 0.15) is 5.82 Å². The molecule has 1 rings (SSSR count). The molecule has 0 saturated carbocycles. The number of hydrogen-bond acceptors (Lipinski definition) is 1. The SMILES string of the molecule is Cc1ccc(F)c(CNC(C)(C)CC(C)(C)C)c1. The molecule has 0 heterocycles. The van der Waals surface area contributed by atoms with Gasteiger partial charge in [-0.3, -0.25) is 0 Å². The summed E-state index contributed by atoms with van der Waals surface area (Å²) in [5, 5.41) is 3.46. The Bertz CT molecular complexity index is 402. The predicted molar refractivity (Wildman–Crippen MR) is 76.1 cm³/mol. The molecule has 0 atom stereocenters. The van der Waals surface area contributed by atoms with Crippen LogP contribution in [0.4, 0.5) is 4.39 Å². The van der Waals surface area contributed by atoms with Crippen LogP contribution in [0.2, 0.25) is 0 Å². The standard InChI is InChI=1S/C16H26FN/c1-12-7-8-14(17)13(9-12)10-18-16(5,6)11-15(2,3)4/h7-9,18H,10-11H2,1-6H3. The monoisotopic (exact) mass is 251 g/mol. The van der Waals surface area contributed by atoms with Gasteiger partial charge in [0.15, 0.2) is 0 Å². The van der Waals surface area contributed by atoms with Crippen molar-refractivity contribution in [1.29, 1.82) is 0 Å². The average molecular weight is 251 g/mol.